The Morgan fingerprint density at radius 3 is 2.44 bits per heavy atom. The normalized spacial score (nSPS) is 19.2. The summed E-state index contributed by atoms with van der Waals surface area (Å²) in [5.74, 6) is 0.664. The van der Waals surface area contributed by atoms with Crippen LogP contribution in [0.1, 0.15) is 16.8 Å². The van der Waals surface area contributed by atoms with E-state index in [4.69, 9.17) is 11.6 Å². The van der Waals surface area contributed by atoms with E-state index >= 15 is 0 Å². The van der Waals surface area contributed by atoms with Crippen LogP contribution in [0, 0.1) is 0 Å². The van der Waals surface area contributed by atoms with Crippen molar-refractivity contribution in [2.45, 2.75) is 24.0 Å². The third-order valence-electron chi connectivity index (χ3n) is 5.59. The number of piperazine rings is 1. The molecular formula is C20H24ClN5O5S. The van der Waals surface area contributed by atoms with Crippen molar-refractivity contribution < 1.29 is 23.8 Å². The Morgan fingerprint density at radius 1 is 1.09 bits per heavy atom. The molecule has 1 aromatic carbocycles. The molecule has 2 amide bonds. The summed E-state index contributed by atoms with van der Waals surface area (Å²) in [6.45, 7) is 1.78. The minimum Gasteiger partial charge on any atom is -0.465 e. The molecule has 10 nitrogen and oxygen atoms in total. The van der Waals surface area contributed by atoms with Gasteiger partial charge in [-0.05, 0) is 17.7 Å². The molecule has 1 fully saturated rings. The van der Waals surface area contributed by atoms with Crippen LogP contribution in [0.3, 0.4) is 0 Å². The average Bonchev–Trinajstić information content (AvgIpc) is 3.08. The Labute approximate surface area is 191 Å². The molecule has 4 N–H and O–H groups in total. The first kappa shape index (κ1) is 22.6. The monoisotopic (exact) mass is 481 g/mol. The Kier molecular flexibility index (Phi) is 6.42. The van der Waals surface area contributed by atoms with Gasteiger partial charge in [-0.1, -0.05) is 23.7 Å². The fourth-order valence-electron chi connectivity index (χ4n) is 4.05. The van der Waals surface area contributed by atoms with Gasteiger partial charge in [0.05, 0.1) is 17.2 Å². The molecule has 2 aromatic rings. The molecule has 1 atom stereocenters. The number of nitrogens with zero attached hydrogens (tertiary/aromatic N) is 4. The lowest BCUT2D eigenvalue weighted by atomic mass is 10.0. The number of halogens is 1. The molecule has 2 aliphatic heterocycles. The first-order chi connectivity index (χ1) is 15.2. The Morgan fingerprint density at radius 2 is 1.78 bits per heavy atom. The zero-order valence-electron chi connectivity index (χ0n) is 17.1. The minimum absolute atomic E-state index is 0.142. The maximum absolute atomic E-state index is 13.1. The van der Waals surface area contributed by atoms with Crippen LogP contribution >= 0.6 is 22.2 Å². The quantitative estimate of drug-likeness (QED) is 0.510. The van der Waals surface area contributed by atoms with Gasteiger partial charge in [-0.3, -0.25) is 13.9 Å². The third kappa shape index (κ3) is 5.07. The highest BCUT2D eigenvalue weighted by molar-refractivity contribution is 8.23. The van der Waals surface area contributed by atoms with Crippen molar-refractivity contribution in [2.75, 3.05) is 31.1 Å². The van der Waals surface area contributed by atoms with Crippen LogP contribution < -0.4 is 10.2 Å². The van der Waals surface area contributed by atoms with Gasteiger partial charge in [0.15, 0.2) is 0 Å². The van der Waals surface area contributed by atoms with Gasteiger partial charge in [0.2, 0.25) is 5.91 Å². The van der Waals surface area contributed by atoms with Gasteiger partial charge in [0, 0.05) is 43.2 Å². The minimum atomic E-state index is -2.71. The van der Waals surface area contributed by atoms with Crippen molar-refractivity contribution in [1.82, 2.24) is 20.2 Å². The molecule has 1 saturated heterocycles. The summed E-state index contributed by atoms with van der Waals surface area (Å²) in [6, 6.07) is 6.03. The fraction of sp³-hybridized carbons (Fsp3) is 0.400. The fourth-order valence-corrected chi connectivity index (χ4v) is 5.72. The van der Waals surface area contributed by atoms with Gasteiger partial charge >= 0.3 is 6.09 Å². The predicted molar refractivity (Wildman–Crippen MR) is 121 cm³/mol. The van der Waals surface area contributed by atoms with E-state index < -0.39 is 22.7 Å². The Bertz CT molecular complexity index is 1010. The van der Waals surface area contributed by atoms with Gasteiger partial charge in [0.25, 0.3) is 0 Å². The van der Waals surface area contributed by atoms with E-state index in [9.17, 15) is 23.8 Å². The summed E-state index contributed by atoms with van der Waals surface area (Å²) in [5.41, 5.74) is 2.21. The molecule has 172 valence electrons. The van der Waals surface area contributed by atoms with E-state index in [-0.39, 0.29) is 23.8 Å². The van der Waals surface area contributed by atoms with E-state index in [2.05, 4.69) is 15.3 Å². The molecular weight excluding hydrogens is 458 g/mol. The van der Waals surface area contributed by atoms with Gasteiger partial charge in [-0.25, -0.2) is 14.8 Å². The first-order valence-electron chi connectivity index (χ1n) is 10.1. The van der Waals surface area contributed by atoms with E-state index in [0.717, 1.165) is 11.1 Å². The SMILES string of the molecule is O=C(O)NC(Cc1ccc(Cl)cc1)C(=O)N1CCN(c2ncnc3c2CS(O)(O)C3)CC1. The molecule has 1 aromatic heterocycles. The number of hydrogen-bond acceptors (Lipinski definition) is 7. The number of anilines is 1. The number of hydrogen-bond donors (Lipinski definition) is 4. The van der Waals surface area contributed by atoms with Crippen molar-refractivity contribution in [3.63, 3.8) is 0 Å². The second-order valence-corrected chi connectivity index (χ2v) is 10.5. The maximum Gasteiger partial charge on any atom is 0.405 e. The standard InChI is InChI=1S/C20H24ClN5O5S/c21-14-3-1-13(2-4-14)9-16(24-20(28)29)19(27)26-7-5-25(6-8-26)18-15-10-32(30,31)11-17(15)22-12-23-18/h1-4,12,16,24,30-31H,5-11H2,(H,28,29). The average molecular weight is 482 g/mol. The predicted octanol–water partition coefficient (Wildman–Crippen LogP) is 2.42. The zero-order chi connectivity index (χ0) is 22.9. The Hall–Kier alpha value is -2.60. The molecule has 0 radical (unpaired) electrons. The molecule has 1 unspecified atom stereocenters. The van der Waals surface area contributed by atoms with Crippen LogP contribution in [0.2, 0.25) is 5.02 Å². The van der Waals surface area contributed by atoms with E-state index in [1.165, 1.54) is 6.33 Å². The highest BCUT2D eigenvalue weighted by Crippen LogP contribution is 2.53. The smallest absolute Gasteiger partial charge is 0.405 e. The van der Waals surface area contributed by atoms with Crippen LogP contribution in [0.5, 0.6) is 0 Å². The number of carbonyl (C=O) groups is 2. The number of benzene rings is 1. The number of amides is 2. The number of fused-ring (bicyclic) bond motifs is 1. The second kappa shape index (κ2) is 9.10. The van der Waals surface area contributed by atoms with Crippen LogP contribution in [0.25, 0.3) is 0 Å². The van der Waals surface area contributed by atoms with E-state index in [1.807, 2.05) is 4.90 Å². The topological polar surface area (TPSA) is 139 Å². The van der Waals surface area contributed by atoms with Crippen LogP contribution in [0.15, 0.2) is 30.6 Å². The van der Waals surface area contributed by atoms with Crippen LogP contribution in [-0.2, 0) is 22.7 Å². The lowest BCUT2D eigenvalue weighted by molar-refractivity contribution is -0.133. The highest BCUT2D eigenvalue weighted by atomic mass is 35.5. The molecule has 3 heterocycles. The van der Waals surface area contributed by atoms with Crippen molar-refractivity contribution in [2.24, 2.45) is 0 Å². The van der Waals surface area contributed by atoms with Gasteiger partial charge in [-0.15, -0.1) is 0 Å². The summed E-state index contributed by atoms with van der Waals surface area (Å²) in [6.07, 6.45) is 0.386. The van der Waals surface area contributed by atoms with Crippen molar-refractivity contribution in [3.05, 3.63) is 52.4 Å². The molecule has 32 heavy (non-hydrogen) atoms. The summed E-state index contributed by atoms with van der Waals surface area (Å²) in [5, 5.41) is 12.1. The van der Waals surface area contributed by atoms with E-state index in [0.29, 0.717) is 42.7 Å². The van der Waals surface area contributed by atoms with E-state index in [1.54, 1.807) is 29.2 Å². The van der Waals surface area contributed by atoms with Crippen LogP contribution in [0.4, 0.5) is 10.6 Å². The largest absolute Gasteiger partial charge is 0.465 e. The summed E-state index contributed by atoms with van der Waals surface area (Å²) >= 11 is 5.91. The van der Waals surface area contributed by atoms with Gasteiger partial charge < -0.3 is 20.2 Å². The second-order valence-electron chi connectivity index (χ2n) is 7.86. The van der Waals surface area contributed by atoms with Crippen molar-refractivity contribution in [3.8, 4) is 0 Å². The lowest BCUT2D eigenvalue weighted by Crippen LogP contribution is -2.55. The molecule has 0 bridgehead atoms. The molecule has 12 heteroatoms. The Balaban J connectivity index is 1.43. The van der Waals surface area contributed by atoms with Crippen molar-refractivity contribution >= 4 is 40.0 Å². The first-order valence-corrected chi connectivity index (χ1v) is 12.3. The number of aromatic nitrogens is 2. The highest BCUT2D eigenvalue weighted by Gasteiger charge is 2.33. The van der Waals surface area contributed by atoms with Gasteiger partial charge in [-0.2, -0.15) is 10.6 Å². The summed E-state index contributed by atoms with van der Waals surface area (Å²) < 4.78 is 20.1. The number of carboxylic acid groups (broad SMARTS) is 1. The molecule has 0 spiro atoms. The summed E-state index contributed by atoms with van der Waals surface area (Å²) in [7, 11) is -2.71. The number of carbonyl (C=O) groups excluding carboxylic acids is 1. The summed E-state index contributed by atoms with van der Waals surface area (Å²) in [4.78, 5) is 36.5. The van der Waals surface area contributed by atoms with Gasteiger partial charge in [0.1, 0.15) is 18.2 Å². The molecule has 4 rings (SSSR count). The molecule has 0 saturated carbocycles. The zero-order valence-corrected chi connectivity index (χ0v) is 18.7. The van der Waals surface area contributed by atoms with Crippen LogP contribution in [-0.4, -0.2) is 73.3 Å². The maximum atomic E-state index is 13.1. The lowest BCUT2D eigenvalue weighted by Gasteiger charge is -2.37. The van der Waals surface area contributed by atoms with Crippen molar-refractivity contribution in [1.29, 1.82) is 0 Å². The number of nitrogens with one attached hydrogen (secondary N) is 1. The number of rotatable bonds is 5. The third-order valence-corrected chi connectivity index (χ3v) is 7.33. The molecule has 2 aliphatic rings. The molecule has 0 aliphatic carbocycles.